The highest BCUT2D eigenvalue weighted by Gasteiger charge is 2.33. The molecule has 0 aliphatic carbocycles. The second kappa shape index (κ2) is 5.59. The van der Waals surface area contributed by atoms with E-state index in [9.17, 15) is 4.79 Å². The van der Waals surface area contributed by atoms with Gasteiger partial charge in [-0.25, -0.2) is 0 Å². The van der Waals surface area contributed by atoms with E-state index < -0.39 is 0 Å². The largest absolute Gasteiger partial charge is 0.310 e. The first-order chi connectivity index (χ1) is 8.49. The van der Waals surface area contributed by atoms with E-state index in [4.69, 9.17) is 11.6 Å². The van der Waals surface area contributed by atoms with E-state index in [0.717, 1.165) is 16.6 Å². The van der Waals surface area contributed by atoms with Crippen LogP contribution in [0.3, 0.4) is 0 Å². The molecule has 1 aromatic carbocycles. The molecule has 1 aliphatic rings. The Morgan fingerprint density at radius 3 is 2.83 bits per heavy atom. The summed E-state index contributed by atoms with van der Waals surface area (Å²) in [5, 5.41) is 3.88. The molecule has 2 rings (SSSR count). The first-order valence-electron chi connectivity index (χ1n) is 6.01. The predicted molar refractivity (Wildman–Crippen MR) is 78.2 cm³/mol. The third-order valence-corrected chi connectivity index (χ3v) is 3.74. The van der Waals surface area contributed by atoms with Crippen LogP contribution in [-0.2, 0) is 4.79 Å². The Morgan fingerprint density at radius 2 is 2.22 bits per heavy atom. The second-order valence-electron chi connectivity index (χ2n) is 4.75. The summed E-state index contributed by atoms with van der Waals surface area (Å²) >= 11 is 9.55. The molecule has 0 spiro atoms. The van der Waals surface area contributed by atoms with Gasteiger partial charge in [0.2, 0.25) is 5.91 Å². The maximum atomic E-state index is 12.3. The fourth-order valence-corrected chi connectivity index (χ4v) is 2.95. The van der Waals surface area contributed by atoms with Gasteiger partial charge < -0.3 is 10.2 Å². The molecule has 0 radical (unpaired) electrons. The number of carbonyl (C=O) groups excluding carboxylic acids is 1. The number of rotatable bonds is 3. The smallest absolute Gasteiger partial charge is 0.244 e. The summed E-state index contributed by atoms with van der Waals surface area (Å²) in [4.78, 5) is 14.0. The molecule has 98 valence electrons. The fraction of sp³-hybridized carbons (Fsp3) is 0.462. The second-order valence-corrected chi connectivity index (χ2v) is 6.07. The van der Waals surface area contributed by atoms with E-state index in [2.05, 4.69) is 21.2 Å². The van der Waals surface area contributed by atoms with Gasteiger partial charge in [-0.3, -0.25) is 4.79 Å². The number of nitrogens with one attached hydrogen (secondary N) is 1. The van der Waals surface area contributed by atoms with Gasteiger partial charge in [0.05, 0.1) is 16.8 Å². The summed E-state index contributed by atoms with van der Waals surface area (Å²) in [5.41, 5.74) is 0.790. The van der Waals surface area contributed by atoms with E-state index in [1.54, 1.807) is 4.90 Å². The lowest BCUT2D eigenvalue weighted by Crippen LogP contribution is -2.41. The first-order valence-corrected chi connectivity index (χ1v) is 7.18. The van der Waals surface area contributed by atoms with Crippen LogP contribution in [0, 0.1) is 0 Å². The highest BCUT2D eigenvalue weighted by atomic mass is 79.9. The van der Waals surface area contributed by atoms with Gasteiger partial charge in [-0.1, -0.05) is 41.4 Å². The van der Waals surface area contributed by atoms with Crippen LogP contribution in [-0.4, -0.2) is 24.5 Å². The Labute approximate surface area is 121 Å². The minimum atomic E-state index is -0.0929. The van der Waals surface area contributed by atoms with Crippen molar-refractivity contribution in [3.05, 3.63) is 27.7 Å². The number of hydrogen-bond donors (Lipinski definition) is 1. The van der Waals surface area contributed by atoms with Crippen LogP contribution in [0.2, 0.25) is 5.02 Å². The topological polar surface area (TPSA) is 32.3 Å². The first kappa shape index (κ1) is 13.8. The Bertz CT molecular complexity index is 464. The summed E-state index contributed by atoms with van der Waals surface area (Å²) in [7, 11) is 0. The minimum Gasteiger partial charge on any atom is -0.310 e. The van der Waals surface area contributed by atoms with Crippen molar-refractivity contribution in [2.45, 2.75) is 32.4 Å². The van der Waals surface area contributed by atoms with E-state index in [1.165, 1.54) is 0 Å². The zero-order valence-corrected chi connectivity index (χ0v) is 12.8. The Morgan fingerprint density at radius 1 is 1.50 bits per heavy atom. The molecule has 5 heteroatoms. The molecule has 18 heavy (non-hydrogen) atoms. The molecule has 1 N–H and O–H groups in total. The molecule has 3 nitrogen and oxygen atoms in total. The molecule has 0 bridgehead atoms. The summed E-state index contributed by atoms with van der Waals surface area (Å²) in [6, 6.07) is 5.80. The van der Waals surface area contributed by atoms with Gasteiger partial charge in [0.15, 0.2) is 0 Å². The van der Waals surface area contributed by atoms with E-state index in [-0.39, 0.29) is 11.9 Å². The maximum absolute atomic E-state index is 12.3. The number of carbonyl (C=O) groups is 1. The van der Waals surface area contributed by atoms with Crippen LogP contribution in [0.25, 0.3) is 0 Å². The lowest BCUT2D eigenvalue weighted by atomic mass is 10.2. The highest BCUT2D eigenvalue weighted by molar-refractivity contribution is 9.10. The van der Waals surface area contributed by atoms with Crippen LogP contribution in [0.1, 0.15) is 20.3 Å². The molecule has 1 aromatic rings. The van der Waals surface area contributed by atoms with Crippen LogP contribution >= 0.6 is 27.5 Å². The van der Waals surface area contributed by atoms with E-state index >= 15 is 0 Å². The van der Waals surface area contributed by atoms with Gasteiger partial charge in [0.25, 0.3) is 0 Å². The Balaban J connectivity index is 2.18. The third kappa shape index (κ3) is 2.87. The molecule has 0 saturated carbocycles. The molecular weight excluding hydrogens is 316 g/mol. The van der Waals surface area contributed by atoms with Gasteiger partial charge in [0, 0.05) is 17.1 Å². The number of anilines is 1. The van der Waals surface area contributed by atoms with Gasteiger partial charge in [-0.2, -0.15) is 0 Å². The van der Waals surface area contributed by atoms with Crippen LogP contribution < -0.4 is 10.2 Å². The van der Waals surface area contributed by atoms with Gasteiger partial charge >= 0.3 is 0 Å². The zero-order valence-electron chi connectivity index (χ0n) is 10.4. The summed E-state index contributed by atoms with van der Waals surface area (Å²) in [5.74, 6) is 0.105. The third-order valence-electron chi connectivity index (χ3n) is 2.94. The van der Waals surface area contributed by atoms with Crippen LogP contribution in [0.4, 0.5) is 5.69 Å². The molecule has 1 fully saturated rings. The lowest BCUT2D eigenvalue weighted by molar-refractivity contribution is -0.118. The molecule has 1 atom stereocenters. The van der Waals surface area contributed by atoms with Gasteiger partial charge in [0.1, 0.15) is 0 Å². The number of benzene rings is 1. The number of halogens is 2. The van der Waals surface area contributed by atoms with Crippen molar-refractivity contribution in [1.29, 1.82) is 0 Å². The average Bonchev–Trinajstić information content (AvgIpc) is 2.60. The van der Waals surface area contributed by atoms with Crippen molar-refractivity contribution in [3.63, 3.8) is 0 Å². The van der Waals surface area contributed by atoms with Crippen LogP contribution in [0.5, 0.6) is 0 Å². The SMILES string of the molecule is CC(C)NC1CCN(c2ccc(Br)cc2Cl)C1=O. The van der Waals surface area contributed by atoms with E-state index in [0.29, 0.717) is 17.6 Å². The monoisotopic (exact) mass is 330 g/mol. The zero-order chi connectivity index (χ0) is 13.3. The minimum absolute atomic E-state index is 0.0929. The van der Waals surface area contributed by atoms with Gasteiger partial charge in [-0.15, -0.1) is 0 Å². The van der Waals surface area contributed by atoms with Crippen LogP contribution in [0.15, 0.2) is 22.7 Å². The van der Waals surface area contributed by atoms with Gasteiger partial charge in [-0.05, 0) is 24.6 Å². The van der Waals surface area contributed by atoms with Crippen molar-refractivity contribution >= 4 is 39.1 Å². The van der Waals surface area contributed by atoms with Crippen molar-refractivity contribution in [2.75, 3.05) is 11.4 Å². The number of hydrogen-bond acceptors (Lipinski definition) is 2. The summed E-state index contributed by atoms with van der Waals surface area (Å²) < 4.78 is 0.916. The molecule has 1 amide bonds. The molecule has 1 heterocycles. The average molecular weight is 332 g/mol. The predicted octanol–water partition coefficient (Wildman–Crippen LogP) is 3.21. The van der Waals surface area contributed by atoms with Crippen molar-refractivity contribution in [3.8, 4) is 0 Å². The fourth-order valence-electron chi connectivity index (χ4n) is 2.18. The van der Waals surface area contributed by atoms with Crippen molar-refractivity contribution in [2.24, 2.45) is 0 Å². The number of nitrogens with zero attached hydrogens (tertiary/aromatic N) is 1. The summed E-state index contributed by atoms with van der Waals surface area (Å²) in [6.07, 6.45) is 0.823. The molecule has 0 aromatic heterocycles. The van der Waals surface area contributed by atoms with E-state index in [1.807, 2.05) is 32.0 Å². The van der Waals surface area contributed by atoms with Crippen molar-refractivity contribution in [1.82, 2.24) is 5.32 Å². The standard InChI is InChI=1S/C13H16BrClN2O/c1-8(2)16-11-5-6-17(13(11)18)12-4-3-9(14)7-10(12)15/h3-4,7-8,11,16H,5-6H2,1-2H3. The quantitative estimate of drug-likeness (QED) is 0.922. The molecular formula is C13H16BrClN2O. The molecule has 1 saturated heterocycles. The Hall–Kier alpha value is -0.580. The molecule has 1 aliphatic heterocycles. The summed E-state index contributed by atoms with van der Waals surface area (Å²) in [6.45, 7) is 4.80. The maximum Gasteiger partial charge on any atom is 0.244 e. The normalized spacial score (nSPS) is 19.9. The van der Waals surface area contributed by atoms with Crippen molar-refractivity contribution < 1.29 is 4.79 Å². The highest BCUT2D eigenvalue weighted by Crippen LogP contribution is 2.31. The number of amides is 1. The lowest BCUT2D eigenvalue weighted by Gasteiger charge is -2.19. The molecule has 1 unspecified atom stereocenters. The Kier molecular flexibility index (Phi) is 4.30.